The summed E-state index contributed by atoms with van der Waals surface area (Å²) in [6.45, 7) is 5.73. The van der Waals surface area contributed by atoms with Gasteiger partial charge in [-0.2, -0.15) is 0 Å². The van der Waals surface area contributed by atoms with Crippen molar-refractivity contribution in [1.29, 1.82) is 0 Å². The molecule has 1 aromatic rings. The Hall–Kier alpha value is -1.84. The van der Waals surface area contributed by atoms with Gasteiger partial charge in [0.05, 0.1) is 0 Å². The van der Waals surface area contributed by atoms with Gasteiger partial charge in [0.1, 0.15) is 6.61 Å². The highest BCUT2D eigenvalue weighted by molar-refractivity contribution is 5.79. The van der Waals surface area contributed by atoms with Crippen molar-refractivity contribution in [3.05, 3.63) is 35.9 Å². The molecule has 0 aliphatic heterocycles. The lowest BCUT2D eigenvalue weighted by Crippen LogP contribution is -2.33. The minimum absolute atomic E-state index is 0.112. The van der Waals surface area contributed by atoms with Crippen molar-refractivity contribution in [1.82, 2.24) is 0 Å². The Bertz CT molecular complexity index is 425. The molecule has 20 heavy (non-hydrogen) atoms. The molecule has 0 N–H and O–H groups in total. The summed E-state index contributed by atoms with van der Waals surface area (Å²) < 4.78 is 10.4. The first kappa shape index (κ1) is 16.2. The topological polar surface area (TPSA) is 52.6 Å². The van der Waals surface area contributed by atoms with E-state index in [0.29, 0.717) is 12.8 Å². The molecular weight excluding hydrogens is 256 g/mol. The summed E-state index contributed by atoms with van der Waals surface area (Å²) >= 11 is 0. The molecule has 1 unspecified atom stereocenters. The third-order valence-corrected chi connectivity index (χ3v) is 2.77. The second-order valence-electron chi connectivity index (χ2n) is 5.00. The summed E-state index contributed by atoms with van der Waals surface area (Å²) in [5.41, 5.74) is 0.906. The third-order valence-electron chi connectivity index (χ3n) is 2.77. The predicted octanol–water partition coefficient (Wildman–Crippen LogP) is 3.10. The molecule has 0 amide bonds. The summed E-state index contributed by atoms with van der Waals surface area (Å²) in [7, 11) is 0. The zero-order chi connectivity index (χ0) is 15.0. The number of carbonyl (C=O) groups excluding carboxylic acids is 2. The number of rotatable bonds is 7. The SMILES string of the molecule is CCCC(=O)OC(C(=O)OCc1ccccc1)C(C)C. The van der Waals surface area contributed by atoms with Gasteiger partial charge in [-0.25, -0.2) is 4.79 Å². The number of esters is 2. The molecule has 4 nitrogen and oxygen atoms in total. The molecule has 0 bridgehead atoms. The molecule has 0 heterocycles. The van der Waals surface area contributed by atoms with Gasteiger partial charge in [-0.3, -0.25) is 4.79 Å². The average molecular weight is 278 g/mol. The van der Waals surface area contributed by atoms with Crippen molar-refractivity contribution >= 4 is 11.9 Å². The summed E-state index contributed by atoms with van der Waals surface area (Å²) in [4.78, 5) is 23.5. The first-order valence-corrected chi connectivity index (χ1v) is 6.94. The standard InChI is InChI=1S/C16H22O4/c1-4-8-14(17)20-15(12(2)3)16(18)19-11-13-9-6-5-7-10-13/h5-7,9-10,12,15H,4,8,11H2,1-3H3. The van der Waals surface area contributed by atoms with Crippen LogP contribution in [0.2, 0.25) is 0 Å². The minimum Gasteiger partial charge on any atom is -0.458 e. The summed E-state index contributed by atoms with van der Waals surface area (Å²) in [5.74, 6) is -0.963. The van der Waals surface area contributed by atoms with E-state index in [1.807, 2.05) is 51.1 Å². The Morgan fingerprint density at radius 3 is 2.35 bits per heavy atom. The number of carbonyl (C=O) groups is 2. The Morgan fingerprint density at radius 2 is 1.80 bits per heavy atom. The molecule has 0 spiro atoms. The maximum absolute atomic E-state index is 12.0. The van der Waals surface area contributed by atoms with Gasteiger partial charge in [-0.15, -0.1) is 0 Å². The van der Waals surface area contributed by atoms with E-state index in [9.17, 15) is 9.59 Å². The van der Waals surface area contributed by atoms with Crippen molar-refractivity contribution < 1.29 is 19.1 Å². The lowest BCUT2D eigenvalue weighted by atomic mass is 10.1. The zero-order valence-corrected chi connectivity index (χ0v) is 12.3. The summed E-state index contributed by atoms with van der Waals surface area (Å²) in [6, 6.07) is 9.41. The minimum atomic E-state index is -0.835. The fourth-order valence-corrected chi connectivity index (χ4v) is 1.67. The van der Waals surface area contributed by atoms with E-state index < -0.39 is 12.1 Å². The average Bonchev–Trinajstić information content (AvgIpc) is 2.43. The van der Waals surface area contributed by atoms with Crippen molar-refractivity contribution in [2.75, 3.05) is 0 Å². The molecule has 1 atom stereocenters. The Balaban J connectivity index is 2.54. The Kier molecular flexibility index (Phi) is 6.77. The fraction of sp³-hybridized carbons (Fsp3) is 0.500. The lowest BCUT2D eigenvalue weighted by Gasteiger charge is -2.19. The van der Waals surface area contributed by atoms with E-state index in [-0.39, 0.29) is 18.5 Å². The van der Waals surface area contributed by atoms with E-state index >= 15 is 0 Å². The van der Waals surface area contributed by atoms with E-state index in [0.717, 1.165) is 5.56 Å². The van der Waals surface area contributed by atoms with Gasteiger partial charge < -0.3 is 9.47 Å². The van der Waals surface area contributed by atoms with Gasteiger partial charge in [0.2, 0.25) is 6.10 Å². The molecule has 0 aliphatic carbocycles. The van der Waals surface area contributed by atoms with Crippen LogP contribution in [-0.2, 0) is 25.7 Å². The molecule has 0 aromatic heterocycles. The summed E-state index contributed by atoms with van der Waals surface area (Å²) in [5, 5.41) is 0. The second kappa shape index (κ2) is 8.35. The maximum Gasteiger partial charge on any atom is 0.348 e. The van der Waals surface area contributed by atoms with E-state index in [2.05, 4.69) is 0 Å². The van der Waals surface area contributed by atoms with Crippen LogP contribution in [0.5, 0.6) is 0 Å². The second-order valence-corrected chi connectivity index (χ2v) is 5.00. The van der Waals surface area contributed by atoms with Crippen LogP contribution in [-0.4, -0.2) is 18.0 Å². The summed E-state index contributed by atoms with van der Waals surface area (Å²) in [6.07, 6.45) is 0.176. The highest BCUT2D eigenvalue weighted by atomic mass is 16.6. The Morgan fingerprint density at radius 1 is 1.15 bits per heavy atom. The van der Waals surface area contributed by atoms with E-state index in [1.165, 1.54) is 0 Å². The van der Waals surface area contributed by atoms with Crippen molar-refractivity contribution in [3.8, 4) is 0 Å². The van der Waals surface area contributed by atoms with Crippen LogP contribution in [0.1, 0.15) is 39.2 Å². The molecule has 1 rings (SSSR count). The number of ether oxygens (including phenoxy) is 2. The molecule has 0 saturated heterocycles. The number of hydrogen-bond acceptors (Lipinski definition) is 4. The molecule has 110 valence electrons. The molecule has 4 heteroatoms. The van der Waals surface area contributed by atoms with Gasteiger partial charge in [0.15, 0.2) is 0 Å². The third kappa shape index (κ3) is 5.43. The van der Waals surface area contributed by atoms with Crippen LogP contribution >= 0.6 is 0 Å². The van der Waals surface area contributed by atoms with Gasteiger partial charge in [-0.1, -0.05) is 51.1 Å². The van der Waals surface area contributed by atoms with Crippen LogP contribution in [0.25, 0.3) is 0 Å². The largest absolute Gasteiger partial charge is 0.458 e. The normalized spacial score (nSPS) is 12.0. The quantitative estimate of drug-likeness (QED) is 0.719. The van der Waals surface area contributed by atoms with Crippen molar-refractivity contribution in [2.45, 2.75) is 46.3 Å². The van der Waals surface area contributed by atoms with Gasteiger partial charge in [-0.05, 0) is 12.0 Å². The van der Waals surface area contributed by atoms with Gasteiger partial charge in [0, 0.05) is 12.3 Å². The van der Waals surface area contributed by atoms with Crippen LogP contribution in [0.15, 0.2) is 30.3 Å². The molecule has 0 saturated carbocycles. The van der Waals surface area contributed by atoms with Crippen LogP contribution in [0.4, 0.5) is 0 Å². The van der Waals surface area contributed by atoms with Crippen LogP contribution in [0.3, 0.4) is 0 Å². The first-order chi connectivity index (χ1) is 9.54. The molecule has 0 radical (unpaired) electrons. The van der Waals surface area contributed by atoms with Gasteiger partial charge in [0.25, 0.3) is 0 Å². The highest BCUT2D eigenvalue weighted by Gasteiger charge is 2.27. The van der Waals surface area contributed by atoms with E-state index in [4.69, 9.17) is 9.47 Å². The molecule has 0 aliphatic rings. The monoisotopic (exact) mass is 278 g/mol. The first-order valence-electron chi connectivity index (χ1n) is 6.94. The zero-order valence-electron chi connectivity index (χ0n) is 12.3. The van der Waals surface area contributed by atoms with Gasteiger partial charge >= 0.3 is 11.9 Å². The van der Waals surface area contributed by atoms with Crippen LogP contribution < -0.4 is 0 Å². The highest BCUT2D eigenvalue weighted by Crippen LogP contribution is 2.12. The smallest absolute Gasteiger partial charge is 0.348 e. The molecular formula is C16H22O4. The Labute approximate surface area is 120 Å². The van der Waals surface area contributed by atoms with Crippen molar-refractivity contribution in [3.63, 3.8) is 0 Å². The number of hydrogen-bond donors (Lipinski definition) is 0. The van der Waals surface area contributed by atoms with E-state index in [1.54, 1.807) is 0 Å². The maximum atomic E-state index is 12.0. The lowest BCUT2D eigenvalue weighted by molar-refractivity contribution is -0.172. The molecule has 1 aromatic carbocycles. The molecule has 0 fully saturated rings. The predicted molar refractivity (Wildman–Crippen MR) is 75.9 cm³/mol. The fourth-order valence-electron chi connectivity index (χ4n) is 1.67. The van der Waals surface area contributed by atoms with Crippen molar-refractivity contribution in [2.24, 2.45) is 5.92 Å². The number of benzene rings is 1. The van der Waals surface area contributed by atoms with Crippen LogP contribution in [0, 0.1) is 5.92 Å².